The maximum atomic E-state index is 13.1. The number of fused-ring (bicyclic) bond motifs is 2. The second kappa shape index (κ2) is 12.5. The van der Waals surface area contributed by atoms with Crippen LogP contribution in [0, 0.1) is 0 Å². The Morgan fingerprint density at radius 1 is 1.03 bits per heavy atom. The first kappa shape index (κ1) is 26.4. The fourth-order valence-electron chi connectivity index (χ4n) is 4.05. The molecule has 0 fully saturated rings. The van der Waals surface area contributed by atoms with Crippen LogP contribution in [0.3, 0.4) is 0 Å². The van der Waals surface area contributed by atoms with E-state index in [1.165, 1.54) is 27.6 Å². The molecule has 3 heterocycles. The van der Waals surface area contributed by atoms with Crippen LogP contribution in [0.15, 0.2) is 39.2 Å². The highest BCUT2D eigenvalue weighted by Crippen LogP contribution is 2.32. The van der Waals surface area contributed by atoms with Gasteiger partial charge in [0, 0.05) is 33.2 Å². The molecule has 1 aromatic carbocycles. The molecule has 0 saturated carbocycles. The van der Waals surface area contributed by atoms with Crippen LogP contribution in [0.25, 0.3) is 10.2 Å². The number of rotatable bonds is 13. The van der Waals surface area contributed by atoms with Crippen molar-refractivity contribution in [1.29, 1.82) is 0 Å². The highest BCUT2D eigenvalue weighted by Gasteiger charge is 2.17. The van der Waals surface area contributed by atoms with Gasteiger partial charge in [-0.1, -0.05) is 12.5 Å². The summed E-state index contributed by atoms with van der Waals surface area (Å²) in [5, 5.41) is 7.32. The van der Waals surface area contributed by atoms with E-state index in [-0.39, 0.29) is 37.3 Å². The van der Waals surface area contributed by atoms with Crippen LogP contribution in [0.4, 0.5) is 0 Å². The minimum atomic E-state index is -0.515. The van der Waals surface area contributed by atoms with Crippen molar-refractivity contribution in [3.8, 4) is 11.5 Å². The summed E-state index contributed by atoms with van der Waals surface area (Å²) < 4.78 is 18.5. The van der Waals surface area contributed by atoms with E-state index < -0.39 is 5.69 Å². The number of carbonyl (C=O) groups excluding carboxylic acids is 2. The third-order valence-electron chi connectivity index (χ3n) is 5.98. The molecule has 1 aliphatic heterocycles. The molecule has 0 saturated heterocycles. The SMILES string of the molecule is COCCNC(=O)Cn1c(=O)n(CCCCCC(=O)NCc2ccc3c(c2)OCO3)c(=O)c2sccc21. The topological polar surface area (TPSA) is 130 Å². The van der Waals surface area contributed by atoms with E-state index in [1.807, 2.05) is 18.2 Å². The van der Waals surface area contributed by atoms with Crippen molar-refractivity contribution in [1.82, 2.24) is 19.8 Å². The third kappa shape index (κ3) is 6.57. The standard InChI is InChI=1S/C25H30N4O7S/c1-34-11-9-26-22(31)15-29-18-8-12-37-23(18)24(32)28(25(29)33)10-4-2-3-5-21(30)27-14-17-6-7-19-20(13-17)36-16-35-19/h6-8,12-13H,2-5,9-11,14-16H2,1H3,(H,26,31)(H,27,30). The highest BCUT2D eigenvalue weighted by molar-refractivity contribution is 7.17. The van der Waals surface area contributed by atoms with Crippen molar-refractivity contribution in [2.24, 2.45) is 0 Å². The number of hydrogen-bond acceptors (Lipinski definition) is 8. The van der Waals surface area contributed by atoms with Crippen molar-refractivity contribution in [2.75, 3.05) is 27.1 Å². The summed E-state index contributed by atoms with van der Waals surface area (Å²) in [5.41, 5.74) is 0.508. The molecule has 3 aromatic rings. The zero-order chi connectivity index (χ0) is 26.2. The number of nitrogens with zero attached hydrogens (tertiary/aromatic N) is 2. The number of hydrogen-bond donors (Lipinski definition) is 2. The van der Waals surface area contributed by atoms with E-state index in [0.29, 0.717) is 67.1 Å². The number of carbonyl (C=O) groups is 2. The summed E-state index contributed by atoms with van der Waals surface area (Å²) in [5.74, 6) is 0.971. The Kier molecular flexibility index (Phi) is 8.96. The Hall–Kier alpha value is -3.64. The Labute approximate surface area is 216 Å². The third-order valence-corrected chi connectivity index (χ3v) is 6.87. The van der Waals surface area contributed by atoms with E-state index in [9.17, 15) is 19.2 Å². The lowest BCUT2D eigenvalue weighted by Gasteiger charge is -2.12. The number of methoxy groups -OCH3 is 1. The number of ether oxygens (including phenoxy) is 3. The number of nitrogens with one attached hydrogen (secondary N) is 2. The van der Waals surface area contributed by atoms with Crippen molar-refractivity contribution < 1.29 is 23.8 Å². The Morgan fingerprint density at radius 2 is 1.86 bits per heavy atom. The molecule has 0 aliphatic carbocycles. The van der Waals surface area contributed by atoms with Gasteiger partial charge in [-0.15, -0.1) is 11.3 Å². The van der Waals surface area contributed by atoms with Gasteiger partial charge >= 0.3 is 5.69 Å². The molecule has 198 valence electrons. The molecular formula is C25H30N4O7S. The van der Waals surface area contributed by atoms with Crippen LogP contribution in [-0.2, 0) is 34.0 Å². The second-order valence-electron chi connectivity index (χ2n) is 8.58. The summed E-state index contributed by atoms with van der Waals surface area (Å²) in [6.07, 6.45) is 2.19. The van der Waals surface area contributed by atoms with Crippen LogP contribution in [-0.4, -0.2) is 48.0 Å². The van der Waals surface area contributed by atoms with Gasteiger partial charge in [-0.05, 0) is 42.0 Å². The minimum absolute atomic E-state index is 0.0725. The molecule has 12 heteroatoms. The lowest BCUT2D eigenvalue weighted by Crippen LogP contribution is -2.42. The summed E-state index contributed by atoms with van der Waals surface area (Å²) in [6, 6.07) is 7.23. The lowest BCUT2D eigenvalue weighted by atomic mass is 10.1. The molecule has 11 nitrogen and oxygen atoms in total. The first-order chi connectivity index (χ1) is 18.0. The summed E-state index contributed by atoms with van der Waals surface area (Å²) in [7, 11) is 1.54. The van der Waals surface area contributed by atoms with Crippen LogP contribution >= 0.6 is 11.3 Å². The molecule has 2 N–H and O–H groups in total. The summed E-state index contributed by atoms with van der Waals surface area (Å²) in [4.78, 5) is 50.5. The number of unbranched alkanes of at least 4 members (excludes halogenated alkanes) is 2. The van der Waals surface area contributed by atoms with Gasteiger partial charge in [0.05, 0.1) is 12.1 Å². The molecule has 1 aliphatic rings. The van der Waals surface area contributed by atoms with Gasteiger partial charge in [0.15, 0.2) is 11.5 Å². The Morgan fingerprint density at radius 3 is 2.70 bits per heavy atom. The van der Waals surface area contributed by atoms with E-state index in [0.717, 1.165) is 5.56 Å². The average molecular weight is 531 g/mol. The fourth-order valence-corrected chi connectivity index (χ4v) is 4.89. The van der Waals surface area contributed by atoms with Gasteiger partial charge in [-0.2, -0.15) is 0 Å². The smallest absolute Gasteiger partial charge is 0.332 e. The van der Waals surface area contributed by atoms with Crippen LogP contribution < -0.4 is 31.4 Å². The monoisotopic (exact) mass is 530 g/mol. The van der Waals surface area contributed by atoms with Crippen molar-refractivity contribution >= 4 is 33.4 Å². The number of thiophene rings is 1. The minimum Gasteiger partial charge on any atom is -0.454 e. The predicted octanol–water partition coefficient (Wildman–Crippen LogP) is 1.59. The van der Waals surface area contributed by atoms with E-state index in [4.69, 9.17) is 14.2 Å². The van der Waals surface area contributed by atoms with Gasteiger partial charge < -0.3 is 24.8 Å². The maximum Gasteiger partial charge on any atom is 0.332 e. The largest absolute Gasteiger partial charge is 0.454 e. The molecule has 2 aromatic heterocycles. The normalized spacial score (nSPS) is 12.1. The van der Waals surface area contributed by atoms with Gasteiger partial charge in [0.1, 0.15) is 11.2 Å². The van der Waals surface area contributed by atoms with Gasteiger partial charge in [0.2, 0.25) is 18.6 Å². The predicted molar refractivity (Wildman–Crippen MR) is 138 cm³/mol. The summed E-state index contributed by atoms with van der Waals surface area (Å²) >= 11 is 1.24. The summed E-state index contributed by atoms with van der Waals surface area (Å²) in [6.45, 7) is 1.33. The number of amides is 2. The molecule has 4 rings (SSSR count). The first-order valence-electron chi connectivity index (χ1n) is 12.1. The van der Waals surface area contributed by atoms with Crippen LogP contribution in [0.1, 0.15) is 31.2 Å². The van der Waals surface area contributed by atoms with Crippen LogP contribution in [0.5, 0.6) is 11.5 Å². The van der Waals surface area contributed by atoms with Crippen LogP contribution in [0.2, 0.25) is 0 Å². The molecule has 2 amide bonds. The van der Waals surface area contributed by atoms with E-state index >= 15 is 0 Å². The zero-order valence-electron chi connectivity index (χ0n) is 20.6. The molecule has 0 unspecified atom stereocenters. The Balaban J connectivity index is 1.27. The van der Waals surface area contributed by atoms with Crippen molar-refractivity contribution in [2.45, 2.75) is 45.3 Å². The van der Waals surface area contributed by atoms with E-state index in [2.05, 4.69) is 10.6 Å². The first-order valence-corrected chi connectivity index (χ1v) is 13.0. The number of aromatic nitrogens is 2. The highest BCUT2D eigenvalue weighted by atomic mass is 32.1. The Bertz CT molecular complexity index is 1380. The molecule has 0 radical (unpaired) electrons. The van der Waals surface area contributed by atoms with Gasteiger partial charge in [-0.3, -0.25) is 23.5 Å². The fraction of sp³-hybridized carbons (Fsp3) is 0.440. The van der Waals surface area contributed by atoms with Gasteiger partial charge in [-0.25, -0.2) is 4.79 Å². The quantitative estimate of drug-likeness (QED) is 0.321. The van der Waals surface area contributed by atoms with Crippen molar-refractivity contribution in [3.63, 3.8) is 0 Å². The second-order valence-corrected chi connectivity index (χ2v) is 9.49. The molecular weight excluding hydrogens is 500 g/mol. The van der Waals surface area contributed by atoms with Gasteiger partial charge in [0.25, 0.3) is 5.56 Å². The zero-order valence-corrected chi connectivity index (χ0v) is 21.4. The number of benzene rings is 1. The molecule has 37 heavy (non-hydrogen) atoms. The van der Waals surface area contributed by atoms with Crippen molar-refractivity contribution in [3.05, 3.63) is 56.0 Å². The average Bonchev–Trinajstić information content (AvgIpc) is 3.57. The molecule has 0 bridgehead atoms. The van der Waals surface area contributed by atoms with E-state index in [1.54, 1.807) is 11.4 Å². The molecule has 0 spiro atoms. The molecule has 0 atom stereocenters. The maximum absolute atomic E-state index is 13.1. The lowest BCUT2D eigenvalue weighted by molar-refractivity contribution is -0.122.